The Morgan fingerprint density at radius 2 is 2.14 bits per heavy atom. The molecule has 1 unspecified atom stereocenters. The molecule has 0 aliphatic carbocycles. The highest BCUT2D eigenvalue weighted by Crippen LogP contribution is 2.30. The first-order chi connectivity index (χ1) is 9.95. The normalized spacial score (nSPS) is 18.4. The van der Waals surface area contributed by atoms with Crippen molar-refractivity contribution in [2.45, 2.75) is 25.3 Å². The number of likely N-dealkylation sites (N-methyl/N-ethyl adjacent to an activating group) is 1. The minimum atomic E-state index is -1.22. The van der Waals surface area contributed by atoms with Crippen LogP contribution in [0.25, 0.3) is 0 Å². The molecule has 1 aliphatic rings. The number of hydrogen-bond donors (Lipinski definition) is 3. The molecule has 1 amide bonds. The summed E-state index contributed by atoms with van der Waals surface area (Å²) >= 11 is 0. The maximum absolute atomic E-state index is 14.2. The second-order valence-corrected chi connectivity index (χ2v) is 5.02. The molecule has 114 valence electrons. The molecule has 7 heteroatoms. The van der Waals surface area contributed by atoms with Gasteiger partial charge in [-0.1, -0.05) is 0 Å². The maximum Gasteiger partial charge on any atom is 0.337 e. The molecular formula is C14H18FN3O3. The van der Waals surface area contributed by atoms with Crippen LogP contribution in [0.3, 0.4) is 0 Å². The predicted octanol–water partition coefficient (Wildman–Crippen LogP) is 1.21. The number of carbonyl (C=O) groups excluding carboxylic acids is 1. The van der Waals surface area contributed by atoms with Gasteiger partial charge in [0.1, 0.15) is 11.9 Å². The van der Waals surface area contributed by atoms with E-state index in [4.69, 9.17) is 10.8 Å². The maximum atomic E-state index is 14.2. The number of halogens is 1. The van der Waals surface area contributed by atoms with Gasteiger partial charge in [0.05, 0.1) is 11.3 Å². The van der Waals surface area contributed by atoms with Crippen LogP contribution < -0.4 is 16.0 Å². The predicted molar refractivity (Wildman–Crippen MR) is 76.8 cm³/mol. The third kappa shape index (κ3) is 2.91. The van der Waals surface area contributed by atoms with E-state index in [0.717, 1.165) is 18.9 Å². The third-order valence-corrected chi connectivity index (χ3v) is 3.71. The van der Waals surface area contributed by atoms with E-state index in [0.29, 0.717) is 13.0 Å². The summed E-state index contributed by atoms with van der Waals surface area (Å²) in [6.45, 7) is 0.498. The van der Waals surface area contributed by atoms with Gasteiger partial charge < -0.3 is 21.1 Å². The second-order valence-electron chi connectivity index (χ2n) is 5.02. The number of nitrogen functional groups attached to an aromatic ring is 1. The lowest BCUT2D eigenvalue weighted by molar-refractivity contribution is -0.122. The van der Waals surface area contributed by atoms with Crippen LogP contribution in [0.1, 0.15) is 29.6 Å². The molecule has 0 bridgehead atoms. The van der Waals surface area contributed by atoms with Gasteiger partial charge in [0.25, 0.3) is 0 Å². The molecule has 0 spiro atoms. The Hall–Kier alpha value is -2.31. The number of anilines is 2. The second kappa shape index (κ2) is 5.99. The summed E-state index contributed by atoms with van der Waals surface area (Å²) < 4.78 is 14.2. The fraction of sp³-hybridized carbons (Fsp3) is 0.429. The summed E-state index contributed by atoms with van der Waals surface area (Å²) in [5.41, 5.74) is 5.34. The molecule has 1 atom stereocenters. The summed E-state index contributed by atoms with van der Waals surface area (Å²) in [5.74, 6) is -2.04. The van der Waals surface area contributed by atoms with Gasteiger partial charge in [-0.25, -0.2) is 9.18 Å². The Morgan fingerprint density at radius 3 is 2.76 bits per heavy atom. The quantitative estimate of drug-likeness (QED) is 0.728. The van der Waals surface area contributed by atoms with Gasteiger partial charge in [-0.15, -0.1) is 0 Å². The van der Waals surface area contributed by atoms with E-state index in [1.54, 1.807) is 4.90 Å². The number of aromatic carboxylic acids is 1. The molecule has 6 nitrogen and oxygen atoms in total. The van der Waals surface area contributed by atoms with E-state index in [1.165, 1.54) is 13.1 Å². The van der Waals surface area contributed by atoms with Gasteiger partial charge in [-0.05, 0) is 31.4 Å². The van der Waals surface area contributed by atoms with Crippen LogP contribution in [-0.4, -0.2) is 36.6 Å². The third-order valence-electron chi connectivity index (χ3n) is 3.71. The van der Waals surface area contributed by atoms with Gasteiger partial charge in [-0.3, -0.25) is 4.79 Å². The number of carboxylic acids is 1. The minimum absolute atomic E-state index is 0.106. The summed E-state index contributed by atoms with van der Waals surface area (Å²) in [4.78, 5) is 24.7. The Bertz CT molecular complexity index is 577. The number of carbonyl (C=O) groups is 2. The molecule has 1 aromatic rings. The highest BCUT2D eigenvalue weighted by Gasteiger charge is 2.30. The van der Waals surface area contributed by atoms with Crippen LogP contribution in [0.15, 0.2) is 12.1 Å². The highest BCUT2D eigenvalue weighted by atomic mass is 19.1. The summed E-state index contributed by atoms with van der Waals surface area (Å²) in [6, 6.07) is 1.70. The van der Waals surface area contributed by atoms with E-state index >= 15 is 0 Å². The van der Waals surface area contributed by atoms with Gasteiger partial charge in [0.15, 0.2) is 0 Å². The number of rotatable bonds is 3. The van der Waals surface area contributed by atoms with Gasteiger partial charge >= 0.3 is 5.97 Å². The number of benzene rings is 1. The van der Waals surface area contributed by atoms with Crippen LogP contribution in [0.2, 0.25) is 0 Å². The summed E-state index contributed by atoms with van der Waals surface area (Å²) in [6.07, 6.45) is 2.29. The first kappa shape index (κ1) is 15.1. The van der Waals surface area contributed by atoms with Crippen molar-refractivity contribution in [3.05, 3.63) is 23.5 Å². The standard InChI is InChI=1S/C14H18FN3O3/c1-17-13(19)11-4-2-3-5-18(11)12-6-8(14(20)21)10(16)7-9(12)15/h6-7,11H,2-5,16H2,1H3,(H,17,19)(H,20,21). The molecular weight excluding hydrogens is 277 g/mol. The van der Waals surface area contributed by atoms with Gasteiger partial charge in [0.2, 0.25) is 5.91 Å². The van der Waals surface area contributed by atoms with Crippen molar-refractivity contribution >= 4 is 23.3 Å². The van der Waals surface area contributed by atoms with E-state index in [2.05, 4.69) is 5.32 Å². The monoisotopic (exact) mass is 295 g/mol. The number of hydrogen-bond acceptors (Lipinski definition) is 4. The summed E-state index contributed by atoms with van der Waals surface area (Å²) in [7, 11) is 1.52. The Morgan fingerprint density at radius 1 is 1.43 bits per heavy atom. The van der Waals surface area contributed by atoms with E-state index in [9.17, 15) is 14.0 Å². The first-order valence-electron chi connectivity index (χ1n) is 6.76. The lowest BCUT2D eigenvalue weighted by Gasteiger charge is -2.36. The molecule has 1 aromatic carbocycles. The first-order valence-corrected chi connectivity index (χ1v) is 6.76. The Balaban J connectivity index is 2.45. The van der Waals surface area contributed by atoms with Crippen molar-refractivity contribution in [3.63, 3.8) is 0 Å². The largest absolute Gasteiger partial charge is 0.478 e. The van der Waals surface area contributed by atoms with E-state index < -0.39 is 17.8 Å². The van der Waals surface area contributed by atoms with Crippen LogP contribution in [0.5, 0.6) is 0 Å². The minimum Gasteiger partial charge on any atom is -0.478 e. The van der Waals surface area contributed by atoms with Crippen molar-refractivity contribution in [3.8, 4) is 0 Å². The van der Waals surface area contributed by atoms with Gasteiger partial charge in [-0.2, -0.15) is 0 Å². The molecule has 1 saturated heterocycles. The SMILES string of the molecule is CNC(=O)C1CCCCN1c1cc(C(=O)O)c(N)cc1F. The average molecular weight is 295 g/mol. The number of nitrogens with two attached hydrogens (primary N) is 1. The lowest BCUT2D eigenvalue weighted by atomic mass is 9.99. The van der Waals surface area contributed by atoms with Gasteiger partial charge in [0, 0.05) is 19.3 Å². The number of piperidine rings is 1. The highest BCUT2D eigenvalue weighted by molar-refractivity contribution is 5.95. The molecule has 0 radical (unpaired) electrons. The molecule has 0 aromatic heterocycles. The van der Waals surface area contributed by atoms with E-state index in [-0.39, 0.29) is 22.8 Å². The van der Waals surface area contributed by atoms with Crippen LogP contribution in [0.4, 0.5) is 15.8 Å². The zero-order chi connectivity index (χ0) is 15.6. The molecule has 0 saturated carbocycles. The number of nitrogens with zero attached hydrogens (tertiary/aromatic N) is 1. The molecule has 1 fully saturated rings. The summed E-state index contributed by atoms with van der Waals surface area (Å²) in [5, 5.41) is 11.7. The fourth-order valence-electron chi connectivity index (χ4n) is 2.64. The zero-order valence-electron chi connectivity index (χ0n) is 11.7. The average Bonchev–Trinajstić information content (AvgIpc) is 2.46. The molecule has 4 N–H and O–H groups in total. The number of carboxylic acid groups (broad SMARTS) is 1. The van der Waals surface area contributed by atoms with Crippen molar-refractivity contribution in [2.24, 2.45) is 0 Å². The molecule has 1 aliphatic heterocycles. The van der Waals surface area contributed by atoms with Crippen molar-refractivity contribution in [1.82, 2.24) is 5.32 Å². The van der Waals surface area contributed by atoms with Crippen molar-refractivity contribution < 1.29 is 19.1 Å². The smallest absolute Gasteiger partial charge is 0.337 e. The topological polar surface area (TPSA) is 95.7 Å². The Kier molecular flexibility index (Phi) is 4.30. The number of amides is 1. The van der Waals surface area contributed by atoms with Crippen molar-refractivity contribution in [1.29, 1.82) is 0 Å². The molecule has 2 rings (SSSR count). The zero-order valence-corrected chi connectivity index (χ0v) is 11.7. The van der Waals surface area contributed by atoms with E-state index in [1.807, 2.05) is 0 Å². The Labute approximate surface area is 121 Å². The van der Waals surface area contributed by atoms with Crippen LogP contribution in [-0.2, 0) is 4.79 Å². The number of nitrogens with one attached hydrogen (secondary N) is 1. The van der Waals surface area contributed by atoms with Crippen LogP contribution >= 0.6 is 0 Å². The van der Waals surface area contributed by atoms with Crippen molar-refractivity contribution in [2.75, 3.05) is 24.2 Å². The van der Waals surface area contributed by atoms with Crippen LogP contribution in [0, 0.1) is 5.82 Å². The molecule has 21 heavy (non-hydrogen) atoms. The fourth-order valence-corrected chi connectivity index (χ4v) is 2.64. The lowest BCUT2D eigenvalue weighted by Crippen LogP contribution is -2.49. The molecule has 1 heterocycles.